The molecule has 0 amide bonds. The molecule has 2 unspecified atom stereocenters. The van der Waals surface area contributed by atoms with Crippen molar-refractivity contribution < 1.29 is 15.4 Å². The first-order valence-corrected chi connectivity index (χ1v) is 34.8. The van der Waals surface area contributed by atoms with Crippen molar-refractivity contribution >= 4 is 52.5 Å². The molecular formula is C27H30Cl2GeHf. The second kappa shape index (κ2) is 8.82. The normalized spacial score (nSPS) is 19.4. The van der Waals surface area contributed by atoms with Crippen molar-refractivity contribution in [2.45, 2.75) is 25.9 Å². The van der Waals surface area contributed by atoms with Crippen LogP contribution in [0.25, 0.3) is 12.2 Å². The van der Waals surface area contributed by atoms with Crippen molar-refractivity contribution in [2.24, 2.45) is 0 Å². The number of fused-ring (bicyclic) bond motifs is 2. The smallest absolute Gasteiger partial charge is 0.147 e. The van der Waals surface area contributed by atoms with Gasteiger partial charge in [-0.05, 0) is 0 Å². The van der Waals surface area contributed by atoms with Gasteiger partial charge in [0, 0.05) is 0 Å². The minimum atomic E-state index is -3.77. The molecule has 4 heteroatoms. The molecule has 5 rings (SSSR count). The summed E-state index contributed by atoms with van der Waals surface area (Å²) >= 11 is -2.37. The molecule has 0 saturated heterocycles. The van der Waals surface area contributed by atoms with Crippen LogP contribution in [0.3, 0.4) is 0 Å². The van der Waals surface area contributed by atoms with Gasteiger partial charge in [-0.25, -0.2) is 0 Å². The molecular weight excluding hydrogens is 646 g/mol. The number of halogens is 2. The first-order chi connectivity index (χ1) is 13.9. The molecule has 0 N–H and O–H groups in total. The van der Waals surface area contributed by atoms with Crippen molar-refractivity contribution in [3.05, 3.63) is 112 Å². The van der Waals surface area contributed by atoms with Crippen molar-refractivity contribution in [2.75, 3.05) is 0 Å². The molecule has 160 valence electrons. The van der Waals surface area contributed by atoms with Crippen LogP contribution in [0.2, 0.25) is 4.68 Å². The summed E-state index contributed by atoms with van der Waals surface area (Å²) in [7, 11) is 0. The Balaban J connectivity index is 0.00000136. The molecule has 2 aliphatic carbocycles. The van der Waals surface area contributed by atoms with E-state index in [-0.39, 0.29) is 24.8 Å². The third kappa shape index (κ3) is 3.60. The largest absolute Gasteiger partial charge is 0.147 e. The van der Waals surface area contributed by atoms with Crippen LogP contribution >= 0.6 is 24.8 Å². The number of hydrogen-bond acceptors (Lipinski definition) is 0. The molecule has 0 nitrogen and oxygen atoms in total. The van der Waals surface area contributed by atoms with E-state index in [1.807, 2.05) is 0 Å². The Labute approximate surface area is 204 Å². The summed E-state index contributed by atoms with van der Waals surface area (Å²) in [5.74, 6) is 0. The molecule has 2 aliphatic rings. The van der Waals surface area contributed by atoms with Crippen LogP contribution in [0.1, 0.15) is 43.5 Å². The zero-order chi connectivity index (χ0) is 20.2. The third-order valence-corrected chi connectivity index (χ3v) is 52.7. The second-order valence-electron chi connectivity index (χ2n) is 9.49. The Morgan fingerprint density at radius 1 is 0.613 bits per heavy atom. The van der Waals surface area contributed by atoms with Crippen molar-refractivity contribution in [1.82, 2.24) is 0 Å². The molecule has 0 saturated carbocycles. The summed E-state index contributed by atoms with van der Waals surface area (Å²) in [6.07, 6.45) is 4.94. The Kier molecular flexibility index (Phi) is 7.05. The van der Waals surface area contributed by atoms with Gasteiger partial charge in [-0.15, -0.1) is 24.8 Å². The van der Waals surface area contributed by atoms with Gasteiger partial charge in [-0.3, -0.25) is 0 Å². The molecule has 0 spiro atoms. The molecule has 0 aliphatic heterocycles. The molecule has 3 aromatic carbocycles. The molecule has 0 fully saturated rings. The van der Waals surface area contributed by atoms with E-state index >= 15 is 0 Å². The summed E-state index contributed by atoms with van der Waals surface area (Å²) in [5.41, 5.74) is 9.20. The predicted molar refractivity (Wildman–Crippen MR) is 141 cm³/mol. The van der Waals surface area contributed by atoms with Crippen LogP contribution in [0.15, 0.2) is 90.0 Å². The molecule has 31 heavy (non-hydrogen) atoms. The Bertz CT molecular complexity index is 1190. The van der Waals surface area contributed by atoms with Gasteiger partial charge in [0.15, 0.2) is 0 Å². The minimum absolute atomic E-state index is 0. The van der Waals surface area contributed by atoms with E-state index < -0.39 is 15.4 Å². The van der Waals surface area contributed by atoms with Crippen molar-refractivity contribution in [3.8, 4) is 0 Å². The Morgan fingerprint density at radius 3 is 1.45 bits per heavy atom. The van der Waals surface area contributed by atoms with Gasteiger partial charge in [0.2, 0.25) is 0 Å². The number of hydrogen-bond donors (Lipinski definition) is 0. The van der Waals surface area contributed by atoms with E-state index in [4.69, 9.17) is 0 Å². The van der Waals surface area contributed by atoms with Crippen LogP contribution < -0.4 is 3.32 Å². The average molecular weight is 677 g/mol. The maximum atomic E-state index is 2.78. The Morgan fingerprint density at radius 2 is 1.00 bits per heavy atom. The van der Waals surface area contributed by atoms with E-state index in [1.165, 1.54) is 23.3 Å². The summed E-state index contributed by atoms with van der Waals surface area (Å²) in [4.78, 5) is 0. The first kappa shape index (κ1) is 24.8. The second-order valence-corrected chi connectivity index (χ2v) is 63.9. The summed E-state index contributed by atoms with van der Waals surface area (Å²) < 4.78 is 5.63. The van der Waals surface area contributed by atoms with Crippen molar-refractivity contribution in [1.29, 1.82) is 0 Å². The molecule has 2 atom stereocenters. The topological polar surface area (TPSA) is 0 Å². The van der Waals surface area contributed by atoms with E-state index in [0.29, 0.717) is 7.35 Å². The quantitative estimate of drug-likeness (QED) is 0.269. The third-order valence-electron chi connectivity index (χ3n) is 7.50. The monoisotopic (exact) mass is 678 g/mol. The molecule has 0 aromatic heterocycles. The van der Waals surface area contributed by atoms with Crippen LogP contribution in [-0.2, 0) is 15.4 Å². The SMILES string of the molecule is CC1=Cc2ccccc2[CH]1[Hf]([CH3])(=[GeH2])([c]1ccccc1)[CH]1C(C)=Cc2ccccc21.Cl.Cl. The zero-order valence-electron chi connectivity index (χ0n) is 18.3. The van der Waals surface area contributed by atoms with Gasteiger partial charge >= 0.3 is 181 Å². The van der Waals surface area contributed by atoms with Crippen LogP contribution in [0.5, 0.6) is 0 Å². The van der Waals surface area contributed by atoms with Gasteiger partial charge < -0.3 is 0 Å². The maximum absolute atomic E-state index is 3.77. The van der Waals surface area contributed by atoms with Gasteiger partial charge in [0.25, 0.3) is 0 Å². The number of allylic oxidation sites excluding steroid dienone is 2. The minimum Gasteiger partial charge on any atom is -0.147 e. The van der Waals surface area contributed by atoms with E-state index in [1.54, 1.807) is 25.6 Å². The zero-order valence-corrected chi connectivity index (χ0v) is 26.5. The van der Waals surface area contributed by atoms with Gasteiger partial charge in [0.1, 0.15) is 0 Å². The fourth-order valence-corrected chi connectivity index (χ4v) is 54.7. The average Bonchev–Trinajstić information content (AvgIpc) is 3.25. The van der Waals surface area contributed by atoms with Gasteiger partial charge in [-0.1, -0.05) is 0 Å². The van der Waals surface area contributed by atoms with Crippen LogP contribution in [0, 0.1) is 0 Å². The summed E-state index contributed by atoms with van der Waals surface area (Å²) in [6, 6.07) is 29.9. The van der Waals surface area contributed by atoms with Crippen LogP contribution in [-0.4, -0.2) is 12.2 Å². The van der Waals surface area contributed by atoms with Gasteiger partial charge in [-0.2, -0.15) is 0 Å². The molecule has 3 aromatic rings. The maximum Gasteiger partial charge on any atom is -0.147 e. The first-order valence-electron chi connectivity index (χ1n) is 10.6. The Hall–Kier alpha value is -0.867. The predicted octanol–water partition coefficient (Wildman–Crippen LogP) is 6.76. The fraction of sp³-hybridized carbons (Fsp3) is 0.185. The number of benzene rings is 3. The fourth-order valence-electron chi connectivity index (χ4n) is 6.51. The van der Waals surface area contributed by atoms with E-state index in [2.05, 4.69) is 110 Å². The number of rotatable bonds is 3. The van der Waals surface area contributed by atoms with Gasteiger partial charge in [0.05, 0.1) is 0 Å². The molecule has 0 bridgehead atoms. The summed E-state index contributed by atoms with van der Waals surface area (Å²) in [5, 5.41) is 0. The molecule has 0 radical (unpaired) electrons. The van der Waals surface area contributed by atoms with Crippen molar-refractivity contribution in [3.63, 3.8) is 0 Å². The van der Waals surface area contributed by atoms with E-state index in [0.717, 1.165) is 0 Å². The summed E-state index contributed by atoms with van der Waals surface area (Å²) in [6.45, 7) is 4.78. The van der Waals surface area contributed by atoms with E-state index in [9.17, 15) is 0 Å². The standard InChI is InChI=1S/2C10H9.C6H5.CH3.2ClH.GeH2.Hf/c2*1-8-6-9-4-2-3-5-10(9)7-8;1-2-4-6-5-3-1;;;;;/h2*2-7H,1H3;1-5H;1H3;2*1H;1H2;. The molecule has 0 heterocycles. The van der Waals surface area contributed by atoms with Crippen LogP contribution in [0.4, 0.5) is 0 Å².